The number of β-amino-alcohol motifs (C(OH)–C–C–N with tert-alkyl or cyclic N) is 1. The Balaban J connectivity index is 1.99. The third kappa shape index (κ3) is 2.05. The van der Waals surface area contributed by atoms with Crippen LogP contribution >= 0.6 is 0 Å². The van der Waals surface area contributed by atoms with Crippen molar-refractivity contribution >= 4 is 0 Å². The predicted molar refractivity (Wildman–Crippen MR) is 47.1 cm³/mol. The second-order valence-corrected chi connectivity index (χ2v) is 3.61. The van der Waals surface area contributed by atoms with Gasteiger partial charge >= 0.3 is 0 Å². The van der Waals surface area contributed by atoms with Gasteiger partial charge in [-0.1, -0.05) is 5.21 Å². The second-order valence-electron chi connectivity index (χ2n) is 3.61. The van der Waals surface area contributed by atoms with Gasteiger partial charge in [-0.2, -0.15) is 0 Å². The van der Waals surface area contributed by atoms with E-state index in [-0.39, 0.29) is 0 Å². The first-order valence-electron chi connectivity index (χ1n) is 4.56. The summed E-state index contributed by atoms with van der Waals surface area (Å²) in [6, 6.07) is 0. The van der Waals surface area contributed by atoms with E-state index in [4.69, 9.17) is 0 Å². The number of hydrogen-bond donors (Lipinski definition) is 2. The summed E-state index contributed by atoms with van der Waals surface area (Å²) in [7, 11) is 0. The SMILES string of the molecule is O[C@@]1(Cn2ccnn2)CCCNC1. The lowest BCUT2D eigenvalue weighted by Gasteiger charge is -2.32. The molecule has 2 heterocycles. The molecule has 0 amide bonds. The van der Waals surface area contributed by atoms with Crippen molar-refractivity contribution in [3.63, 3.8) is 0 Å². The molecule has 1 aliphatic rings. The maximum absolute atomic E-state index is 10.1. The summed E-state index contributed by atoms with van der Waals surface area (Å²) in [5.74, 6) is 0. The zero-order valence-corrected chi connectivity index (χ0v) is 7.48. The Morgan fingerprint density at radius 2 is 2.54 bits per heavy atom. The van der Waals surface area contributed by atoms with Crippen LogP contribution in [-0.2, 0) is 6.54 Å². The molecule has 2 rings (SSSR count). The van der Waals surface area contributed by atoms with Crippen LogP contribution in [0.3, 0.4) is 0 Å². The van der Waals surface area contributed by atoms with Gasteiger partial charge < -0.3 is 10.4 Å². The summed E-state index contributed by atoms with van der Waals surface area (Å²) in [5, 5.41) is 20.8. The zero-order chi connectivity index (χ0) is 9.15. The van der Waals surface area contributed by atoms with Gasteiger partial charge in [0.15, 0.2) is 0 Å². The maximum Gasteiger partial charge on any atom is 0.0967 e. The molecule has 0 unspecified atom stereocenters. The molecule has 72 valence electrons. The Morgan fingerprint density at radius 1 is 1.62 bits per heavy atom. The van der Waals surface area contributed by atoms with Gasteiger partial charge in [-0.3, -0.25) is 0 Å². The number of aromatic nitrogens is 3. The first kappa shape index (κ1) is 8.65. The highest BCUT2D eigenvalue weighted by atomic mass is 16.3. The van der Waals surface area contributed by atoms with Crippen molar-refractivity contribution in [2.24, 2.45) is 0 Å². The Kier molecular flexibility index (Phi) is 2.28. The molecule has 13 heavy (non-hydrogen) atoms. The first-order valence-corrected chi connectivity index (χ1v) is 4.56. The summed E-state index contributed by atoms with van der Waals surface area (Å²) in [6.07, 6.45) is 5.25. The maximum atomic E-state index is 10.1. The monoisotopic (exact) mass is 182 g/mol. The highest BCUT2D eigenvalue weighted by molar-refractivity contribution is 4.85. The molecule has 0 spiro atoms. The summed E-state index contributed by atoms with van der Waals surface area (Å²) in [6.45, 7) is 2.17. The summed E-state index contributed by atoms with van der Waals surface area (Å²) < 4.78 is 1.67. The van der Waals surface area contributed by atoms with Gasteiger partial charge in [-0.05, 0) is 19.4 Å². The highest BCUT2D eigenvalue weighted by Crippen LogP contribution is 2.17. The quantitative estimate of drug-likeness (QED) is 0.640. The van der Waals surface area contributed by atoms with Gasteiger partial charge in [0, 0.05) is 12.7 Å². The second kappa shape index (κ2) is 3.43. The molecular formula is C8H14N4O. The molecule has 0 radical (unpaired) electrons. The molecule has 5 nitrogen and oxygen atoms in total. The molecule has 1 aromatic rings. The topological polar surface area (TPSA) is 63.0 Å². The van der Waals surface area contributed by atoms with Crippen LogP contribution in [0, 0.1) is 0 Å². The number of aliphatic hydroxyl groups is 1. The molecule has 0 aromatic carbocycles. The van der Waals surface area contributed by atoms with Gasteiger partial charge in [0.2, 0.25) is 0 Å². The van der Waals surface area contributed by atoms with Gasteiger partial charge in [0.1, 0.15) is 0 Å². The zero-order valence-electron chi connectivity index (χ0n) is 7.48. The van der Waals surface area contributed by atoms with Gasteiger partial charge in [-0.15, -0.1) is 5.10 Å². The smallest absolute Gasteiger partial charge is 0.0967 e. The summed E-state index contributed by atoms with van der Waals surface area (Å²) in [5.41, 5.74) is -0.647. The van der Waals surface area contributed by atoms with Crippen molar-refractivity contribution in [2.75, 3.05) is 13.1 Å². The number of nitrogens with zero attached hydrogens (tertiary/aromatic N) is 3. The van der Waals surface area contributed by atoms with Gasteiger partial charge in [0.25, 0.3) is 0 Å². The fraction of sp³-hybridized carbons (Fsp3) is 0.750. The van der Waals surface area contributed by atoms with Crippen LogP contribution in [0.15, 0.2) is 12.4 Å². The lowest BCUT2D eigenvalue weighted by molar-refractivity contribution is -0.00265. The third-order valence-electron chi connectivity index (χ3n) is 2.38. The van der Waals surface area contributed by atoms with E-state index in [9.17, 15) is 5.11 Å². The molecule has 1 aromatic heterocycles. The van der Waals surface area contributed by atoms with E-state index in [0.29, 0.717) is 13.1 Å². The molecule has 0 saturated carbocycles. The van der Waals surface area contributed by atoms with E-state index in [1.165, 1.54) is 0 Å². The van der Waals surface area contributed by atoms with E-state index < -0.39 is 5.60 Å². The molecular weight excluding hydrogens is 168 g/mol. The Morgan fingerprint density at radius 3 is 3.15 bits per heavy atom. The lowest BCUT2D eigenvalue weighted by atomic mass is 9.94. The van der Waals surface area contributed by atoms with E-state index in [1.54, 1.807) is 17.1 Å². The van der Waals surface area contributed by atoms with E-state index in [2.05, 4.69) is 15.6 Å². The van der Waals surface area contributed by atoms with Crippen LogP contribution in [0.4, 0.5) is 0 Å². The van der Waals surface area contributed by atoms with E-state index in [0.717, 1.165) is 19.4 Å². The minimum absolute atomic E-state index is 0.528. The average molecular weight is 182 g/mol. The molecule has 0 bridgehead atoms. The van der Waals surface area contributed by atoms with E-state index in [1.807, 2.05) is 0 Å². The molecule has 1 atom stereocenters. The fourth-order valence-corrected chi connectivity index (χ4v) is 1.71. The molecule has 1 fully saturated rings. The minimum atomic E-state index is -0.647. The van der Waals surface area contributed by atoms with Crippen molar-refractivity contribution in [3.05, 3.63) is 12.4 Å². The van der Waals surface area contributed by atoms with E-state index >= 15 is 0 Å². The van der Waals surface area contributed by atoms with Crippen molar-refractivity contribution in [2.45, 2.75) is 25.0 Å². The standard InChI is InChI=1S/C8H14N4O/c13-8(2-1-3-9-6-8)7-12-5-4-10-11-12/h4-5,9,13H,1-3,6-7H2/t8-/m0/s1. The summed E-state index contributed by atoms with van der Waals surface area (Å²) in [4.78, 5) is 0. The molecule has 1 saturated heterocycles. The average Bonchev–Trinajstić information content (AvgIpc) is 2.57. The highest BCUT2D eigenvalue weighted by Gasteiger charge is 2.29. The molecule has 2 N–H and O–H groups in total. The predicted octanol–water partition coefficient (Wildman–Crippen LogP) is -0.607. The summed E-state index contributed by atoms with van der Waals surface area (Å²) >= 11 is 0. The van der Waals surface area contributed by atoms with Crippen LogP contribution in [0.2, 0.25) is 0 Å². The van der Waals surface area contributed by atoms with Crippen molar-refractivity contribution in [3.8, 4) is 0 Å². The van der Waals surface area contributed by atoms with Crippen LogP contribution in [0.5, 0.6) is 0 Å². The minimum Gasteiger partial charge on any atom is -0.387 e. The molecule has 0 aliphatic carbocycles. The van der Waals surface area contributed by atoms with Crippen LogP contribution in [0.1, 0.15) is 12.8 Å². The lowest BCUT2D eigenvalue weighted by Crippen LogP contribution is -2.48. The van der Waals surface area contributed by atoms with Crippen molar-refractivity contribution in [1.29, 1.82) is 0 Å². The van der Waals surface area contributed by atoms with Gasteiger partial charge in [-0.25, -0.2) is 4.68 Å². The fourth-order valence-electron chi connectivity index (χ4n) is 1.71. The largest absolute Gasteiger partial charge is 0.387 e. The number of hydrogen-bond acceptors (Lipinski definition) is 4. The van der Waals surface area contributed by atoms with Crippen LogP contribution < -0.4 is 5.32 Å². The van der Waals surface area contributed by atoms with Crippen LogP contribution in [0.25, 0.3) is 0 Å². The van der Waals surface area contributed by atoms with Crippen molar-refractivity contribution in [1.82, 2.24) is 20.3 Å². The molecule has 5 heteroatoms. The number of nitrogens with one attached hydrogen (secondary N) is 1. The number of rotatable bonds is 2. The van der Waals surface area contributed by atoms with Crippen molar-refractivity contribution < 1.29 is 5.11 Å². The molecule has 1 aliphatic heterocycles. The van der Waals surface area contributed by atoms with Gasteiger partial charge in [0.05, 0.1) is 18.3 Å². The van der Waals surface area contributed by atoms with Crippen LogP contribution in [-0.4, -0.2) is 38.8 Å². The number of piperidine rings is 1. The Bertz CT molecular complexity index is 253. The first-order chi connectivity index (χ1) is 6.29. The Hall–Kier alpha value is -0.940. The normalized spacial score (nSPS) is 29.0. The Labute approximate surface area is 76.8 Å². The third-order valence-corrected chi connectivity index (χ3v) is 2.38.